The van der Waals surface area contributed by atoms with Crippen LogP contribution in [-0.4, -0.2) is 29.9 Å². The Hall–Kier alpha value is -3.16. The minimum absolute atomic E-state index is 0.0525. The highest BCUT2D eigenvalue weighted by atomic mass is 19.1. The van der Waals surface area contributed by atoms with E-state index in [-0.39, 0.29) is 11.1 Å². The molecule has 28 heavy (non-hydrogen) atoms. The second kappa shape index (κ2) is 7.84. The Bertz CT molecular complexity index is 857. The Morgan fingerprint density at radius 3 is 1.93 bits per heavy atom. The first kappa shape index (κ1) is 21.1. The molecule has 150 valence electrons. The fraction of sp³-hybridized carbons (Fsp3) is 0.300. The van der Waals surface area contributed by atoms with E-state index in [0.29, 0.717) is 11.8 Å². The molecule has 0 bridgehead atoms. The van der Waals surface area contributed by atoms with Crippen molar-refractivity contribution in [1.82, 2.24) is 5.32 Å². The van der Waals surface area contributed by atoms with Gasteiger partial charge in [0.05, 0.1) is 7.11 Å². The molecule has 0 saturated carbocycles. The lowest BCUT2D eigenvalue weighted by Crippen LogP contribution is -2.54. The van der Waals surface area contributed by atoms with Crippen LogP contribution in [0.3, 0.4) is 0 Å². The molecule has 2 aromatic rings. The number of carboxylic acid groups (broad SMARTS) is 1. The predicted octanol–water partition coefficient (Wildman–Crippen LogP) is 3.83. The molecule has 0 heterocycles. The summed E-state index contributed by atoms with van der Waals surface area (Å²) in [5.41, 5.74) is -3.47. The lowest BCUT2D eigenvalue weighted by molar-refractivity contribution is -0.143. The van der Waals surface area contributed by atoms with Crippen LogP contribution in [0, 0.1) is 11.6 Å². The first-order valence-electron chi connectivity index (χ1n) is 8.33. The second-order valence-electron chi connectivity index (χ2n) is 7.07. The normalized spacial score (nSPS) is 13.4. The van der Waals surface area contributed by atoms with Crippen LogP contribution in [0.5, 0.6) is 5.75 Å². The third-order valence-corrected chi connectivity index (χ3v) is 3.83. The van der Waals surface area contributed by atoms with Gasteiger partial charge in [-0.2, -0.15) is 0 Å². The fourth-order valence-electron chi connectivity index (χ4n) is 2.68. The van der Waals surface area contributed by atoms with E-state index >= 15 is 0 Å². The first-order chi connectivity index (χ1) is 13.0. The SMILES string of the molecule is COc1ccc([C@](NC(=O)OC(C)(C)C)(C(=O)O)c2cc(F)cc(F)c2)cc1. The largest absolute Gasteiger partial charge is 0.497 e. The van der Waals surface area contributed by atoms with Gasteiger partial charge in [-0.15, -0.1) is 0 Å². The van der Waals surface area contributed by atoms with Crippen molar-refractivity contribution in [2.75, 3.05) is 7.11 Å². The molecule has 2 rings (SSSR count). The second-order valence-corrected chi connectivity index (χ2v) is 7.07. The lowest BCUT2D eigenvalue weighted by atomic mass is 9.82. The molecule has 0 unspecified atom stereocenters. The standard InChI is InChI=1S/C20H21F2NO5/c1-19(2,3)28-18(26)23-20(17(24)25,12-5-7-16(27-4)8-6-12)13-9-14(21)11-15(22)10-13/h5-11H,1-4H3,(H,23,26)(H,24,25)/t20-/m1/s1. The van der Waals surface area contributed by atoms with E-state index in [9.17, 15) is 23.5 Å². The Labute approximate surface area is 161 Å². The molecule has 0 spiro atoms. The molecule has 0 aliphatic heterocycles. The monoisotopic (exact) mass is 393 g/mol. The van der Waals surface area contributed by atoms with Crippen LogP contribution in [0.1, 0.15) is 31.9 Å². The summed E-state index contributed by atoms with van der Waals surface area (Å²) < 4.78 is 38.0. The van der Waals surface area contributed by atoms with Crippen LogP contribution < -0.4 is 10.1 Å². The number of alkyl carbamates (subject to hydrolysis) is 1. The number of nitrogens with one attached hydrogen (secondary N) is 1. The maximum Gasteiger partial charge on any atom is 0.409 e. The molecule has 2 N–H and O–H groups in total. The van der Waals surface area contributed by atoms with Gasteiger partial charge < -0.3 is 14.6 Å². The van der Waals surface area contributed by atoms with E-state index in [1.165, 1.54) is 31.4 Å². The summed E-state index contributed by atoms with van der Waals surface area (Å²) in [6, 6.07) is 8.01. The summed E-state index contributed by atoms with van der Waals surface area (Å²) in [6.07, 6.45) is -1.06. The molecular weight excluding hydrogens is 372 g/mol. The fourth-order valence-corrected chi connectivity index (χ4v) is 2.68. The Balaban J connectivity index is 2.69. The van der Waals surface area contributed by atoms with Crippen LogP contribution in [0.15, 0.2) is 42.5 Å². The summed E-state index contributed by atoms with van der Waals surface area (Å²) in [5.74, 6) is -3.08. The number of halogens is 2. The van der Waals surface area contributed by atoms with Crippen molar-refractivity contribution in [3.63, 3.8) is 0 Å². The molecule has 0 aromatic heterocycles. The zero-order valence-electron chi connectivity index (χ0n) is 15.9. The van der Waals surface area contributed by atoms with Crippen molar-refractivity contribution in [2.24, 2.45) is 0 Å². The van der Waals surface area contributed by atoms with Crippen LogP contribution in [0.4, 0.5) is 13.6 Å². The van der Waals surface area contributed by atoms with Gasteiger partial charge in [0.25, 0.3) is 0 Å². The van der Waals surface area contributed by atoms with E-state index in [1.807, 2.05) is 0 Å². The number of ether oxygens (including phenoxy) is 2. The van der Waals surface area contributed by atoms with Gasteiger partial charge in [-0.05, 0) is 56.2 Å². The van der Waals surface area contributed by atoms with Crippen molar-refractivity contribution in [2.45, 2.75) is 31.9 Å². The highest BCUT2D eigenvalue weighted by molar-refractivity contribution is 5.90. The summed E-state index contributed by atoms with van der Waals surface area (Å²) in [5, 5.41) is 12.3. The predicted molar refractivity (Wildman–Crippen MR) is 97.1 cm³/mol. The van der Waals surface area contributed by atoms with Gasteiger partial charge in [0.1, 0.15) is 23.0 Å². The number of hydrogen-bond acceptors (Lipinski definition) is 4. The molecule has 0 saturated heterocycles. The average Bonchev–Trinajstić information content (AvgIpc) is 2.57. The highest BCUT2D eigenvalue weighted by Gasteiger charge is 2.45. The maximum atomic E-state index is 13.9. The van der Waals surface area contributed by atoms with Gasteiger partial charge >= 0.3 is 12.1 Å². The minimum atomic E-state index is -2.29. The number of carbonyl (C=O) groups excluding carboxylic acids is 1. The Kier molecular flexibility index (Phi) is 5.92. The third kappa shape index (κ3) is 4.57. The summed E-state index contributed by atoms with van der Waals surface area (Å²) in [6.45, 7) is 4.80. The number of hydrogen-bond donors (Lipinski definition) is 2. The van der Waals surface area contributed by atoms with E-state index < -0.39 is 34.8 Å². The molecule has 6 nitrogen and oxygen atoms in total. The quantitative estimate of drug-likeness (QED) is 0.807. The molecule has 2 aromatic carbocycles. The zero-order valence-corrected chi connectivity index (χ0v) is 15.9. The molecule has 0 fully saturated rings. The van der Waals surface area contributed by atoms with Gasteiger partial charge in [0, 0.05) is 6.07 Å². The van der Waals surface area contributed by atoms with Crippen LogP contribution in [0.2, 0.25) is 0 Å². The molecule has 0 radical (unpaired) electrons. The minimum Gasteiger partial charge on any atom is -0.497 e. The molecule has 8 heteroatoms. The number of benzene rings is 2. The highest BCUT2D eigenvalue weighted by Crippen LogP contribution is 2.33. The van der Waals surface area contributed by atoms with E-state index in [4.69, 9.17) is 9.47 Å². The van der Waals surface area contributed by atoms with Crippen molar-refractivity contribution in [1.29, 1.82) is 0 Å². The van der Waals surface area contributed by atoms with Crippen molar-refractivity contribution >= 4 is 12.1 Å². The number of amides is 1. The third-order valence-electron chi connectivity index (χ3n) is 3.83. The van der Waals surface area contributed by atoms with Crippen molar-refractivity contribution < 1.29 is 33.0 Å². The van der Waals surface area contributed by atoms with Crippen LogP contribution in [-0.2, 0) is 15.1 Å². The number of aliphatic carboxylic acids is 1. The molecule has 1 amide bonds. The van der Waals surface area contributed by atoms with Gasteiger partial charge in [-0.3, -0.25) is 5.32 Å². The van der Waals surface area contributed by atoms with Crippen LogP contribution in [0.25, 0.3) is 0 Å². The smallest absolute Gasteiger partial charge is 0.409 e. The number of carboxylic acids is 1. The zero-order chi connectivity index (χ0) is 21.1. The van der Waals surface area contributed by atoms with Crippen LogP contribution >= 0.6 is 0 Å². The van der Waals surface area contributed by atoms with Crippen molar-refractivity contribution in [3.05, 3.63) is 65.2 Å². The first-order valence-corrected chi connectivity index (χ1v) is 8.33. The van der Waals surface area contributed by atoms with Gasteiger partial charge in [0.2, 0.25) is 0 Å². The average molecular weight is 393 g/mol. The van der Waals surface area contributed by atoms with Crippen molar-refractivity contribution in [3.8, 4) is 5.75 Å². The summed E-state index contributed by atoms with van der Waals surface area (Å²) >= 11 is 0. The number of rotatable bonds is 5. The number of carbonyl (C=O) groups is 2. The summed E-state index contributed by atoms with van der Waals surface area (Å²) in [7, 11) is 1.43. The van der Waals surface area contributed by atoms with Gasteiger partial charge in [-0.25, -0.2) is 18.4 Å². The van der Waals surface area contributed by atoms with E-state index in [1.54, 1.807) is 20.8 Å². The Morgan fingerprint density at radius 1 is 0.964 bits per heavy atom. The molecule has 0 aliphatic rings. The maximum absolute atomic E-state index is 13.9. The molecule has 1 atom stereocenters. The van der Waals surface area contributed by atoms with E-state index in [2.05, 4.69) is 5.32 Å². The molecule has 0 aliphatic carbocycles. The molecular formula is C20H21F2NO5. The van der Waals surface area contributed by atoms with Gasteiger partial charge in [-0.1, -0.05) is 12.1 Å². The van der Waals surface area contributed by atoms with E-state index in [0.717, 1.165) is 12.1 Å². The topological polar surface area (TPSA) is 84.9 Å². The van der Waals surface area contributed by atoms with Gasteiger partial charge in [0.15, 0.2) is 5.54 Å². The summed E-state index contributed by atoms with van der Waals surface area (Å²) in [4.78, 5) is 24.8. The number of methoxy groups -OCH3 is 1. The Morgan fingerprint density at radius 2 is 1.50 bits per heavy atom. The lowest BCUT2D eigenvalue weighted by Gasteiger charge is -2.33.